The Morgan fingerprint density at radius 3 is 2.33 bits per heavy atom. The standard InChI is InChI=1S/C15H29N3/c1-11-9-17(3)12(2)8-14(11)16-15-10-18-6-4-13(15)5-7-18/h11-16H,4-10H2,1-3H3. The topological polar surface area (TPSA) is 18.5 Å². The molecule has 0 aromatic heterocycles. The molecule has 4 aliphatic heterocycles. The molecule has 4 saturated heterocycles. The largest absolute Gasteiger partial charge is 0.309 e. The van der Waals surface area contributed by atoms with E-state index in [1.807, 2.05) is 0 Å². The number of likely N-dealkylation sites (tertiary alicyclic amines) is 1. The first kappa shape index (κ1) is 12.9. The first-order valence-electron chi connectivity index (χ1n) is 7.82. The second kappa shape index (κ2) is 5.10. The van der Waals surface area contributed by atoms with Crippen LogP contribution < -0.4 is 5.32 Å². The van der Waals surface area contributed by atoms with Crippen molar-refractivity contribution in [2.75, 3.05) is 33.2 Å². The molecule has 2 bridgehead atoms. The quantitative estimate of drug-likeness (QED) is 0.800. The minimum atomic E-state index is 0.736. The molecule has 0 spiro atoms. The van der Waals surface area contributed by atoms with E-state index in [1.165, 1.54) is 45.4 Å². The zero-order chi connectivity index (χ0) is 12.7. The minimum absolute atomic E-state index is 0.736. The highest BCUT2D eigenvalue weighted by atomic mass is 15.2. The van der Waals surface area contributed by atoms with Gasteiger partial charge in [-0.15, -0.1) is 0 Å². The second-order valence-electron chi connectivity index (χ2n) is 7.02. The molecule has 4 aliphatic rings. The summed E-state index contributed by atoms with van der Waals surface area (Å²) >= 11 is 0. The summed E-state index contributed by atoms with van der Waals surface area (Å²) in [6.07, 6.45) is 4.17. The number of fused-ring (bicyclic) bond motifs is 3. The Hall–Kier alpha value is -0.120. The van der Waals surface area contributed by atoms with Gasteiger partial charge < -0.3 is 15.1 Å². The molecule has 4 rings (SSSR count). The van der Waals surface area contributed by atoms with Crippen LogP contribution >= 0.6 is 0 Å². The summed E-state index contributed by atoms with van der Waals surface area (Å²) in [6.45, 7) is 10.0. The normalized spacial score (nSPS) is 49.5. The summed E-state index contributed by atoms with van der Waals surface area (Å²) in [5, 5.41) is 4.02. The van der Waals surface area contributed by atoms with E-state index in [0.717, 1.165) is 30.0 Å². The maximum Gasteiger partial charge on any atom is 0.0226 e. The minimum Gasteiger partial charge on any atom is -0.309 e. The van der Waals surface area contributed by atoms with Crippen LogP contribution in [0, 0.1) is 11.8 Å². The van der Waals surface area contributed by atoms with Crippen molar-refractivity contribution in [1.29, 1.82) is 0 Å². The Kier molecular flexibility index (Phi) is 3.65. The van der Waals surface area contributed by atoms with Crippen LogP contribution in [0.5, 0.6) is 0 Å². The predicted molar refractivity (Wildman–Crippen MR) is 75.7 cm³/mol. The Morgan fingerprint density at radius 1 is 1.00 bits per heavy atom. The maximum atomic E-state index is 4.02. The van der Waals surface area contributed by atoms with Crippen molar-refractivity contribution in [2.24, 2.45) is 11.8 Å². The van der Waals surface area contributed by atoms with Crippen molar-refractivity contribution in [3.8, 4) is 0 Å². The first-order chi connectivity index (χ1) is 8.63. The molecule has 0 aromatic rings. The van der Waals surface area contributed by atoms with Crippen LogP contribution in [-0.2, 0) is 0 Å². The van der Waals surface area contributed by atoms with Crippen LogP contribution in [0.4, 0.5) is 0 Å². The lowest BCUT2D eigenvalue weighted by atomic mass is 9.81. The van der Waals surface area contributed by atoms with Crippen LogP contribution in [0.1, 0.15) is 33.1 Å². The second-order valence-corrected chi connectivity index (χ2v) is 7.02. The molecule has 0 saturated carbocycles. The monoisotopic (exact) mass is 251 g/mol. The Balaban J connectivity index is 1.59. The van der Waals surface area contributed by atoms with Crippen LogP contribution in [0.25, 0.3) is 0 Å². The fraction of sp³-hybridized carbons (Fsp3) is 1.00. The van der Waals surface area contributed by atoms with Crippen LogP contribution in [-0.4, -0.2) is 61.2 Å². The SMILES string of the molecule is CC1CN(C)C(C)CC1NC1CN2CCC1CC2. The van der Waals surface area contributed by atoms with E-state index >= 15 is 0 Å². The van der Waals surface area contributed by atoms with Gasteiger partial charge in [-0.05, 0) is 58.2 Å². The van der Waals surface area contributed by atoms with Crippen molar-refractivity contribution in [1.82, 2.24) is 15.1 Å². The first-order valence-corrected chi connectivity index (χ1v) is 7.82. The van der Waals surface area contributed by atoms with Crippen molar-refractivity contribution >= 4 is 0 Å². The highest BCUT2D eigenvalue weighted by Crippen LogP contribution is 2.29. The average molecular weight is 251 g/mol. The summed E-state index contributed by atoms with van der Waals surface area (Å²) in [4.78, 5) is 5.17. The molecule has 4 atom stereocenters. The highest BCUT2D eigenvalue weighted by molar-refractivity contribution is 4.95. The van der Waals surface area contributed by atoms with Crippen molar-refractivity contribution < 1.29 is 0 Å². The number of nitrogens with one attached hydrogen (secondary N) is 1. The van der Waals surface area contributed by atoms with Gasteiger partial charge in [-0.2, -0.15) is 0 Å². The molecule has 4 heterocycles. The number of hydrogen-bond acceptors (Lipinski definition) is 3. The number of rotatable bonds is 2. The third-order valence-electron chi connectivity index (χ3n) is 5.69. The molecule has 104 valence electrons. The zero-order valence-corrected chi connectivity index (χ0v) is 12.2. The van der Waals surface area contributed by atoms with Crippen LogP contribution in [0.2, 0.25) is 0 Å². The van der Waals surface area contributed by atoms with Gasteiger partial charge in [-0.25, -0.2) is 0 Å². The summed E-state index contributed by atoms with van der Waals surface area (Å²) in [5.74, 6) is 1.75. The molecule has 18 heavy (non-hydrogen) atoms. The molecule has 0 radical (unpaired) electrons. The highest BCUT2D eigenvalue weighted by Gasteiger charge is 2.37. The van der Waals surface area contributed by atoms with E-state index in [1.54, 1.807) is 0 Å². The zero-order valence-electron chi connectivity index (χ0n) is 12.2. The van der Waals surface area contributed by atoms with Gasteiger partial charge >= 0.3 is 0 Å². The molecule has 4 unspecified atom stereocenters. The molecule has 3 heteroatoms. The Morgan fingerprint density at radius 2 is 1.72 bits per heavy atom. The van der Waals surface area contributed by atoms with Gasteiger partial charge in [0, 0.05) is 31.2 Å². The third kappa shape index (κ3) is 2.45. The number of hydrogen-bond donors (Lipinski definition) is 1. The molecule has 1 N–H and O–H groups in total. The van der Waals surface area contributed by atoms with E-state index in [4.69, 9.17) is 0 Å². The lowest BCUT2D eigenvalue weighted by Gasteiger charge is -2.48. The number of piperidine rings is 4. The summed E-state index contributed by atoms with van der Waals surface area (Å²) in [6, 6.07) is 2.25. The summed E-state index contributed by atoms with van der Waals surface area (Å²) in [5.41, 5.74) is 0. The maximum absolute atomic E-state index is 4.02. The van der Waals surface area contributed by atoms with E-state index in [2.05, 4.69) is 36.0 Å². The lowest BCUT2D eigenvalue weighted by Crippen LogP contribution is -2.61. The van der Waals surface area contributed by atoms with E-state index in [0.29, 0.717) is 0 Å². The van der Waals surface area contributed by atoms with Gasteiger partial charge in [-0.3, -0.25) is 0 Å². The molecule has 0 aromatic carbocycles. The van der Waals surface area contributed by atoms with Crippen molar-refractivity contribution in [2.45, 2.75) is 51.2 Å². The molecule has 0 amide bonds. The van der Waals surface area contributed by atoms with Gasteiger partial charge in [0.1, 0.15) is 0 Å². The summed E-state index contributed by atoms with van der Waals surface area (Å²) in [7, 11) is 2.27. The molecular formula is C15H29N3. The predicted octanol–water partition coefficient (Wildman–Crippen LogP) is 1.40. The fourth-order valence-electron chi connectivity index (χ4n) is 4.20. The molecule has 4 fully saturated rings. The van der Waals surface area contributed by atoms with Crippen LogP contribution in [0.15, 0.2) is 0 Å². The molecule has 3 nitrogen and oxygen atoms in total. The fourth-order valence-corrected chi connectivity index (χ4v) is 4.20. The van der Waals surface area contributed by atoms with Gasteiger partial charge in [0.25, 0.3) is 0 Å². The molecular weight excluding hydrogens is 222 g/mol. The summed E-state index contributed by atoms with van der Waals surface area (Å²) < 4.78 is 0. The van der Waals surface area contributed by atoms with Gasteiger partial charge in [0.05, 0.1) is 0 Å². The van der Waals surface area contributed by atoms with Gasteiger partial charge in [-0.1, -0.05) is 6.92 Å². The molecule has 0 aliphatic carbocycles. The average Bonchev–Trinajstić information content (AvgIpc) is 2.37. The number of nitrogens with zero attached hydrogens (tertiary/aromatic N) is 2. The van der Waals surface area contributed by atoms with Crippen molar-refractivity contribution in [3.05, 3.63) is 0 Å². The van der Waals surface area contributed by atoms with E-state index < -0.39 is 0 Å². The van der Waals surface area contributed by atoms with E-state index in [-0.39, 0.29) is 0 Å². The van der Waals surface area contributed by atoms with Crippen LogP contribution in [0.3, 0.4) is 0 Å². The van der Waals surface area contributed by atoms with E-state index in [9.17, 15) is 0 Å². The smallest absolute Gasteiger partial charge is 0.0226 e. The lowest BCUT2D eigenvalue weighted by molar-refractivity contribution is 0.0457. The Labute approximate surface area is 112 Å². The van der Waals surface area contributed by atoms with Crippen molar-refractivity contribution in [3.63, 3.8) is 0 Å². The van der Waals surface area contributed by atoms with Gasteiger partial charge in [0.2, 0.25) is 0 Å². The Bertz CT molecular complexity index is 285. The van der Waals surface area contributed by atoms with Gasteiger partial charge in [0.15, 0.2) is 0 Å². The third-order valence-corrected chi connectivity index (χ3v) is 5.69.